The number of benzene rings is 1. The van der Waals surface area contributed by atoms with Crippen molar-refractivity contribution in [3.8, 4) is 0 Å². The Morgan fingerprint density at radius 1 is 1.00 bits per heavy atom. The highest BCUT2D eigenvalue weighted by atomic mass is 32.1. The minimum atomic E-state index is -0.280. The van der Waals surface area contributed by atoms with Gasteiger partial charge in [-0.15, -0.1) is 0 Å². The number of aliphatic hydroxyl groups excluding tert-OH is 1. The fraction of sp³-hybridized carbons (Fsp3) is 0.333. The Hall–Kier alpha value is -1.12. The monoisotopic (exact) mass is 246 g/mol. The molecular weight excluding hydrogens is 228 g/mol. The molecule has 0 aliphatic rings. The zero-order valence-corrected chi connectivity index (χ0v) is 10.9. The van der Waals surface area contributed by atoms with Gasteiger partial charge in [0, 0.05) is 0 Å². The minimum absolute atomic E-state index is 0.280. The van der Waals surface area contributed by atoms with Gasteiger partial charge in [-0.3, -0.25) is 0 Å². The first-order valence-corrected chi connectivity index (χ1v) is 6.99. The van der Waals surface area contributed by atoms with E-state index in [4.69, 9.17) is 0 Å². The summed E-state index contributed by atoms with van der Waals surface area (Å²) in [5.41, 5.74) is 3.79. The number of rotatable bonds is 5. The predicted octanol–water partition coefficient (Wildman–Crippen LogP) is 3.46. The molecule has 0 bridgehead atoms. The van der Waals surface area contributed by atoms with Crippen LogP contribution in [0, 0.1) is 0 Å². The predicted molar refractivity (Wildman–Crippen MR) is 73.6 cm³/mol. The molecule has 2 heteroatoms. The largest absolute Gasteiger partial charge is 0.392 e. The molecule has 1 unspecified atom stereocenters. The van der Waals surface area contributed by atoms with E-state index in [1.165, 1.54) is 16.7 Å². The van der Waals surface area contributed by atoms with Crippen LogP contribution in [-0.4, -0.2) is 11.2 Å². The highest BCUT2D eigenvalue weighted by Gasteiger charge is 2.07. The van der Waals surface area contributed by atoms with Gasteiger partial charge >= 0.3 is 0 Å². The van der Waals surface area contributed by atoms with Crippen LogP contribution in [0.4, 0.5) is 0 Å². The van der Waals surface area contributed by atoms with Gasteiger partial charge in [0.2, 0.25) is 0 Å². The zero-order valence-electron chi connectivity index (χ0n) is 10.1. The van der Waals surface area contributed by atoms with Crippen molar-refractivity contribution in [2.75, 3.05) is 0 Å². The summed E-state index contributed by atoms with van der Waals surface area (Å²) >= 11 is 1.68. The molecule has 0 radical (unpaired) electrons. The fourth-order valence-electron chi connectivity index (χ4n) is 1.94. The van der Waals surface area contributed by atoms with E-state index < -0.39 is 0 Å². The molecule has 2 rings (SSSR count). The molecule has 0 aliphatic carbocycles. The van der Waals surface area contributed by atoms with Crippen molar-refractivity contribution in [1.29, 1.82) is 0 Å². The van der Waals surface area contributed by atoms with E-state index in [2.05, 4.69) is 48.0 Å². The standard InChI is InChI=1S/C15H18OS/c1-2-12-3-5-13(6-4-12)9-15(16)10-14-7-8-17-11-14/h3-8,11,15-16H,2,9-10H2,1H3. The third kappa shape index (κ3) is 3.69. The lowest BCUT2D eigenvalue weighted by molar-refractivity contribution is 0.175. The van der Waals surface area contributed by atoms with Gasteiger partial charge in [0.25, 0.3) is 0 Å². The van der Waals surface area contributed by atoms with Crippen molar-refractivity contribution in [2.24, 2.45) is 0 Å². The quantitative estimate of drug-likeness (QED) is 0.856. The van der Waals surface area contributed by atoms with E-state index in [0.717, 1.165) is 19.3 Å². The second kappa shape index (κ2) is 5.99. The summed E-state index contributed by atoms with van der Waals surface area (Å²) in [7, 11) is 0. The molecule has 0 amide bonds. The van der Waals surface area contributed by atoms with Crippen molar-refractivity contribution in [1.82, 2.24) is 0 Å². The van der Waals surface area contributed by atoms with Gasteiger partial charge in [0.1, 0.15) is 0 Å². The lowest BCUT2D eigenvalue weighted by atomic mass is 10.0. The number of hydrogen-bond donors (Lipinski definition) is 1. The van der Waals surface area contributed by atoms with Gasteiger partial charge < -0.3 is 5.11 Å². The molecule has 1 aromatic carbocycles. The summed E-state index contributed by atoms with van der Waals surface area (Å²) < 4.78 is 0. The van der Waals surface area contributed by atoms with Crippen molar-refractivity contribution in [3.63, 3.8) is 0 Å². The molecule has 0 aliphatic heterocycles. The average molecular weight is 246 g/mol. The Bertz CT molecular complexity index is 430. The smallest absolute Gasteiger partial charge is 0.0621 e. The molecular formula is C15H18OS. The Kier molecular flexibility index (Phi) is 4.35. The van der Waals surface area contributed by atoms with Crippen LogP contribution in [0.2, 0.25) is 0 Å². The molecule has 1 N–H and O–H groups in total. The summed E-state index contributed by atoms with van der Waals surface area (Å²) in [6.45, 7) is 2.15. The maximum absolute atomic E-state index is 10.0. The van der Waals surface area contributed by atoms with E-state index in [9.17, 15) is 5.11 Å². The van der Waals surface area contributed by atoms with Gasteiger partial charge in [0.15, 0.2) is 0 Å². The van der Waals surface area contributed by atoms with Crippen LogP contribution in [0.15, 0.2) is 41.1 Å². The van der Waals surface area contributed by atoms with Crippen LogP contribution in [0.25, 0.3) is 0 Å². The maximum Gasteiger partial charge on any atom is 0.0621 e. The molecule has 0 saturated heterocycles. The number of thiophene rings is 1. The van der Waals surface area contributed by atoms with Crippen LogP contribution < -0.4 is 0 Å². The van der Waals surface area contributed by atoms with E-state index in [1.54, 1.807) is 11.3 Å². The van der Waals surface area contributed by atoms with Crippen molar-refractivity contribution < 1.29 is 5.11 Å². The summed E-state index contributed by atoms with van der Waals surface area (Å²) in [6.07, 6.45) is 2.27. The molecule has 2 aromatic rings. The van der Waals surface area contributed by atoms with E-state index in [1.807, 2.05) is 0 Å². The maximum atomic E-state index is 10.0. The molecule has 0 spiro atoms. The summed E-state index contributed by atoms with van der Waals surface area (Å²) in [4.78, 5) is 0. The van der Waals surface area contributed by atoms with Crippen LogP contribution in [-0.2, 0) is 19.3 Å². The van der Waals surface area contributed by atoms with Crippen molar-refractivity contribution >= 4 is 11.3 Å². The normalized spacial score (nSPS) is 12.6. The molecule has 0 fully saturated rings. The van der Waals surface area contributed by atoms with E-state index in [-0.39, 0.29) is 6.10 Å². The summed E-state index contributed by atoms with van der Waals surface area (Å²) in [6, 6.07) is 10.6. The first-order chi connectivity index (χ1) is 8.28. The molecule has 0 saturated carbocycles. The van der Waals surface area contributed by atoms with Crippen LogP contribution >= 0.6 is 11.3 Å². The Labute approximate surface area is 107 Å². The number of aryl methyl sites for hydroxylation is 1. The van der Waals surface area contributed by atoms with Gasteiger partial charge in [-0.05, 0) is 52.8 Å². The second-order valence-electron chi connectivity index (χ2n) is 4.36. The Morgan fingerprint density at radius 2 is 1.65 bits per heavy atom. The van der Waals surface area contributed by atoms with Crippen LogP contribution in [0.5, 0.6) is 0 Å². The molecule has 1 nitrogen and oxygen atoms in total. The first kappa shape index (κ1) is 12.3. The molecule has 1 aromatic heterocycles. The van der Waals surface area contributed by atoms with Crippen molar-refractivity contribution in [2.45, 2.75) is 32.3 Å². The van der Waals surface area contributed by atoms with Crippen molar-refractivity contribution in [3.05, 3.63) is 57.8 Å². The fourth-order valence-corrected chi connectivity index (χ4v) is 2.62. The highest BCUT2D eigenvalue weighted by Crippen LogP contribution is 2.13. The second-order valence-corrected chi connectivity index (χ2v) is 5.14. The Balaban J connectivity index is 1.91. The van der Waals surface area contributed by atoms with Crippen LogP contribution in [0.1, 0.15) is 23.6 Å². The van der Waals surface area contributed by atoms with E-state index >= 15 is 0 Å². The lowest BCUT2D eigenvalue weighted by Gasteiger charge is -2.10. The molecule has 90 valence electrons. The topological polar surface area (TPSA) is 20.2 Å². The lowest BCUT2D eigenvalue weighted by Crippen LogP contribution is -2.13. The van der Waals surface area contributed by atoms with E-state index in [0.29, 0.717) is 0 Å². The van der Waals surface area contributed by atoms with Crippen LogP contribution in [0.3, 0.4) is 0 Å². The molecule has 17 heavy (non-hydrogen) atoms. The summed E-state index contributed by atoms with van der Waals surface area (Å²) in [5.74, 6) is 0. The van der Waals surface area contributed by atoms with Gasteiger partial charge in [-0.25, -0.2) is 0 Å². The summed E-state index contributed by atoms with van der Waals surface area (Å²) in [5, 5.41) is 14.2. The van der Waals surface area contributed by atoms with Gasteiger partial charge in [-0.1, -0.05) is 31.2 Å². The number of hydrogen-bond acceptors (Lipinski definition) is 2. The minimum Gasteiger partial charge on any atom is -0.392 e. The SMILES string of the molecule is CCc1ccc(CC(O)Cc2ccsc2)cc1. The highest BCUT2D eigenvalue weighted by molar-refractivity contribution is 7.07. The first-order valence-electron chi connectivity index (χ1n) is 6.05. The van der Waals surface area contributed by atoms with Gasteiger partial charge in [-0.2, -0.15) is 11.3 Å². The van der Waals surface area contributed by atoms with Gasteiger partial charge in [0.05, 0.1) is 6.10 Å². The average Bonchev–Trinajstić information content (AvgIpc) is 2.82. The molecule has 1 atom stereocenters. The third-order valence-electron chi connectivity index (χ3n) is 2.95. The molecule has 1 heterocycles. The number of aliphatic hydroxyl groups is 1. The Morgan fingerprint density at radius 3 is 2.24 bits per heavy atom. The third-order valence-corrected chi connectivity index (χ3v) is 3.69. The zero-order chi connectivity index (χ0) is 12.1.